The Balaban J connectivity index is 1.66. The van der Waals surface area contributed by atoms with Gasteiger partial charge in [0.05, 0.1) is 25.2 Å². The number of hydrogen-bond acceptors (Lipinski definition) is 3. The molecule has 0 saturated carbocycles. The average Bonchev–Trinajstić information content (AvgIpc) is 3.03. The summed E-state index contributed by atoms with van der Waals surface area (Å²) in [6, 6.07) is 6.29. The maximum atomic E-state index is 12.9. The van der Waals surface area contributed by atoms with Crippen LogP contribution < -0.4 is 0 Å². The van der Waals surface area contributed by atoms with Crippen LogP contribution in [0.25, 0.3) is 0 Å². The van der Waals surface area contributed by atoms with Gasteiger partial charge in [0.15, 0.2) is 0 Å². The molecule has 22 heavy (non-hydrogen) atoms. The fraction of sp³-hybridized carbons (Fsp3) is 0.438. The van der Waals surface area contributed by atoms with Gasteiger partial charge in [-0.2, -0.15) is 0 Å². The first-order valence-electron chi connectivity index (χ1n) is 7.60. The predicted octanol–water partition coefficient (Wildman–Crippen LogP) is 2.04. The van der Waals surface area contributed by atoms with Crippen molar-refractivity contribution in [3.8, 4) is 0 Å². The van der Waals surface area contributed by atoms with E-state index in [0.29, 0.717) is 13.0 Å². The normalized spacial score (nSPS) is 18.4. The molecule has 3 rings (SSSR count). The summed E-state index contributed by atoms with van der Waals surface area (Å²) in [4.78, 5) is 14.5. The molecule has 1 fully saturated rings. The molecule has 2 heterocycles. The minimum atomic E-state index is -0.279. The quantitative estimate of drug-likeness (QED) is 0.868. The molecule has 0 N–H and O–H groups in total. The van der Waals surface area contributed by atoms with E-state index in [2.05, 4.69) is 10.3 Å². The third-order valence-corrected chi connectivity index (χ3v) is 4.09. The largest absolute Gasteiger partial charge is 0.338 e. The smallest absolute Gasteiger partial charge is 0.227 e. The molecule has 2 aromatic rings. The zero-order valence-electron chi connectivity index (χ0n) is 12.4. The van der Waals surface area contributed by atoms with Crippen LogP contribution in [0.4, 0.5) is 4.39 Å². The summed E-state index contributed by atoms with van der Waals surface area (Å²) in [5.41, 5.74) is 0.844. The lowest BCUT2D eigenvalue weighted by Gasteiger charge is -2.35. The van der Waals surface area contributed by atoms with E-state index in [9.17, 15) is 9.18 Å². The van der Waals surface area contributed by atoms with Gasteiger partial charge < -0.3 is 4.90 Å². The fourth-order valence-electron chi connectivity index (χ4n) is 2.94. The second kappa shape index (κ2) is 6.68. The van der Waals surface area contributed by atoms with Crippen molar-refractivity contribution in [2.75, 3.05) is 6.54 Å². The highest BCUT2D eigenvalue weighted by molar-refractivity contribution is 5.79. The van der Waals surface area contributed by atoms with E-state index < -0.39 is 0 Å². The Morgan fingerprint density at radius 1 is 1.27 bits per heavy atom. The van der Waals surface area contributed by atoms with Crippen LogP contribution in [-0.4, -0.2) is 38.4 Å². The third-order valence-electron chi connectivity index (χ3n) is 4.09. The summed E-state index contributed by atoms with van der Waals surface area (Å²) in [5.74, 6) is -0.186. The van der Waals surface area contributed by atoms with Crippen molar-refractivity contribution in [2.45, 2.75) is 38.3 Å². The summed E-state index contributed by atoms with van der Waals surface area (Å²) >= 11 is 0. The van der Waals surface area contributed by atoms with Gasteiger partial charge >= 0.3 is 0 Å². The highest BCUT2D eigenvalue weighted by atomic mass is 19.1. The monoisotopic (exact) mass is 302 g/mol. The molecule has 1 aromatic heterocycles. The molecule has 1 saturated heterocycles. The van der Waals surface area contributed by atoms with E-state index in [4.69, 9.17) is 0 Å². The van der Waals surface area contributed by atoms with Crippen molar-refractivity contribution in [2.24, 2.45) is 0 Å². The number of carbonyl (C=O) groups excluding carboxylic acids is 1. The molecule has 1 aromatic carbocycles. The predicted molar refractivity (Wildman–Crippen MR) is 79.5 cm³/mol. The molecular formula is C16H19FN4O. The van der Waals surface area contributed by atoms with Crippen molar-refractivity contribution in [3.63, 3.8) is 0 Å². The Bertz CT molecular complexity index is 612. The molecule has 1 unspecified atom stereocenters. The number of likely N-dealkylation sites (tertiary alicyclic amines) is 1. The number of hydrogen-bond donors (Lipinski definition) is 0. The maximum absolute atomic E-state index is 12.9. The Labute approximate surface area is 128 Å². The zero-order valence-corrected chi connectivity index (χ0v) is 12.4. The highest BCUT2D eigenvalue weighted by Gasteiger charge is 2.27. The first-order chi connectivity index (χ1) is 10.7. The van der Waals surface area contributed by atoms with Crippen molar-refractivity contribution in [3.05, 3.63) is 48.0 Å². The summed E-state index contributed by atoms with van der Waals surface area (Å²) in [7, 11) is 0. The summed E-state index contributed by atoms with van der Waals surface area (Å²) in [6.45, 7) is 1.45. The topological polar surface area (TPSA) is 51.0 Å². The van der Waals surface area contributed by atoms with Crippen LogP contribution in [0.2, 0.25) is 0 Å². The summed E-state index contributed by atoms with van der Waals surface area (Å²) in [5, 5.41) is 7.79. The number of halogens is 1. The van der Waals surface area contributed by atoms with Gasteiger partial charge in [0, 0.05) is 12.7 Å². The molecule has 0 aliphatic carbocycles. The van der Waals surface area contributed by atoms with Crippen molar-refractivity contribution in [1.29, 1.82) is 0 Å². The van der Waals surface area contributed by atoms with Crippen LogP contribution in [0.3, 0.4) is 0 Å². The number of carbonyl (C=O) groups is 1. The van der Waals surface area contributed by atoms with E-state index in [1.165, 1.54) is 12.1 Å². The van der Waals surface area contributed by atoms with Crippen molar-refractivity contribution in [1.82, 2.24) is 19.9 Å². The first-order valence-corrected chi connectivity index (χ1v) is 7.60. The maximum Gasteiger partial charge on any atom is 0.227 e. The SMILES string of the molecule is O=C(Cc1ccc(F)cc1)N1CCCCC1Cn1ccnn1. The van der Waals surface area contributed by atoms with Crippen LogP contribution in [-0.2, 0) is 17.8 Å². The molecule has 0 radical (unpaired) electrons. The van der Waals surface area contributed by atoms with Gasteiger partial charge in [0.1, 0.15) is 5.82 Å². The average molecular weight is 302 g/mol. The second-order valence-corrected chi connectivity index (χ2v) is 5.67. The van der Waals surface area contributed by atoms with Crippen molar-refractivity contribution >= 4 is 5.91 Å². The van der Waals surface area contributed by atoms with Gasteiger partial charge in [0.25, 0.3) is 0 Å². The highest BCUT2D eigenvalue weighted by Crippen LogP contribution is 2.19. The lowest BCUT2D eigenvalue weighted by molar-refractivity contribution is -0.134. The molecular weight excluding hydrogens is 283 g/mol. The minimum Gasteiger partial charge on any atom is -0.338 e. The summed E-state index contributed by atoms with van der Waals surface area (Å²) < 4.78 is 14.7. The van der Waals surface area contributed by atoms with Crippen LogP contribution in [0.15, 0.2) is 36.7 Å². The van der Waals surface area contributed by atoms with Gasteiger partial charge in [-0.15, -0.1) is 5.10 Å². The standard InChI is InChI=1S/C16H19FN4O/c17-14-6-4-13(5-7-14)11-16(22)21-9-2-1-3-15(21)12-20-10-8-18-19-20/h4-8,10,15H,1-3,9,11-12H2. The van der Waals surface area contributed by atoms with Crippen LogP contribution in [0.5, 0.6) is 0 Å². The Kier molecular flexibility index (Phi) is 4.46. The molecule has 1 aliphatic rings. The van der Waals surface area contributed by atoms with Gasteiger partial charge in [-0.05, 0) is 37.0 Å². The van der Waals surface area contributed by atoms with E-state index in [1.807, 2.05) is 11.1 Å². The number of amides is 1. The molecule has 5 nitrogen and oxygen atoms in total. The molecule has 116 valence electrons. The first kappa shape index (κ1) is 14.7. The van der Waals surface area contributed by atoms with Gasteiger partial charge in [-0.3, -0.25) is 9.48 Å². The Hall–Kier alpha value is -2.24. The van der Waals surface area contributed by atoms with E-state index in [0.717, 1.165) is 31.4 Å². The number of piperidine rings is 1. The molecule has 1 atom stereocenters. The van der Waals surface area contributed by atoms with Gasteiger partial charge in [0.2, 0.25) is 5.91 Å². The molecule has 0 bridgehead atoms. The van der Waals surface area contributed by atoms with E-state index >= 15 is 0 Å². The number of rotatable bonds is 4. The molecule has 6 heteroatoms. The summed E-state index contributed by atoms with van der Waals surface area (Å²) in [6.07, 6.45) is 6.91. The number of nitrogens with zero attached hydrogens (tertiary/aromatic N) is 4. The third kappa shape index (κ3) is 3.50. The minimum absolute atomic E-state index is 0.0939. The Morgan fingerprint density at radius 2 is 2.09 bits per heavy atom. The number of benzene rings is 1. The van der Waals surface area contributed by atoms with E-state index in [1.54, 1.807) is 23.0 Å². The van der Waals surface area contributed by atoms with Gasteiger partial charge in [-0.25, -0.2) is 4.39 Å². The fourth-order valence-corrected chi connectivity index (χ4v) is 2.94. The Morgan fingerprint density at radius 3 is 2.82 bits per heavy atom. The lowest BCUT2D eigenvalue weighted by atomic mass is 10.0. The van der Waals surface area contributed by atoms with Crippen molar-refractivity contribution < 1.29 is 9.18 Å². The zero-order chi connectivity index (χ0) is 15.4. The molecule has 0 spiro atoms. The lowest BCUT2D eigenvalue weighted by Crippen LogP contribution is -2.46. The molecule has 1 aliphatic heterocycles. The van der Waals surface area contributed by atoms with Crippen LogP contribution in [0, 0.1) is 5.82 Å². The number of aromatic nitrogens is 3. The molecule has 1 amide bonds. The second-order valence-electron chi connectivity index (χ2n) is 5.67. The van der Waals surface area contributed by atoms with Crippen LogP contribution >= 0.6 is 0 Å². The van der Waals surface area contributed by atoms with Gasteiger partial charge in [-0.1, -0.05) is 17.3 Å². The van der Waals surface area contributed by atoms with Crippen LogP contribution in [0.1, 0.15) is 24.8 Å². The van der Waals surface area contributed by atoms with E-state index in [-0.39, 0.29) is 17.8 Å².